The predicted octanol–water partition coefficient (Wildman–Crippen LogP) is 3.19. The Bertz CT molecular complexity index is 892. The van der Waals surface area contributed by atoms with Gasteiger partial charge in [0.15, 0.2) is 6.61 Å². The standard InChI is InChI=1S/C17H16ClN3O3/c1-10-11(2)24-17-15(10)16(20-9-21-17)23-8-14(22)19-7-12-4-3-5-13(18)6-12/h3-6,9H,7-8H2,1-2H3,(H,19,22). The first kappa shape index (κ1) is 16.3. The van der Waals surface area contributed by atoms with Gasteiger partial charge in [-0.15, -0.1) is 0 Å². The number of nitrogens with one attached hydrogen (secondary N) is 1. The summed E-state index contributed by atoms with van der Waals surface area (Å²) in [5.74, 6) is 0.840. The normalized spacial score (nSPS) is 10.8. The molecule has 24 heavy (non-hydrogen) atoms. The van der Waals surface area contributed by atoms with Gasteiger partial charge in [-0.2, -0.15) is 0 Å². The molecule has 2 aromatic heterocycles. The quantitative estimate of drug-likeness (QED) is 0.768. The van der Waals surface area contributed by atoms with Crippen LogP contribution in [0.1, 0.15) is 16.9 Å². The van der Waals surface area contributed by atoms with Crippen molar-refractivity contribution in [3.05, 3.63) is 52.5 Å². The van der Waals surface area contributed by atoms with Crippen molar-refractivity contribution in [1.82, 2.24) is 15.3 Å². The van der Waals surface area contributed by atoms with Gasteiger partial charge >= 0.3 is 0 Å². The van der Waals surface area contributed by atoms with Crippen LogP contribution in [0.15, 0.2) is 35.0 Å². The summed E-state index contributed by atoms with van der Waals surface area (Å²) in [4.78, 5) is 20.1. The summed E-state index contributed by atoms with van der Waals surface area (Å²) in [6.45, 7) is 3.98. The first-order chi connectivity index (χ1) is 11.5. The molecule has 7 heteroatoms. The molecule has 0 atom stereocenters. The summed E-state index contributed by atoms with van der Waals surface area (Å²) in [6, 6.07) is 7.31. The second kappa shape index (κ2) is 6.88. The van der Waals surface area contributed by atoms with Gasteiger partial charge in [0.2, 0.25) is 11.6 Å². The number of ether oxygens (including phenoxy) is 1. The molecule has 2 heterocycles. The number of benzene rings is 1. The van der Waals surface area contributed by atoms with Crippen LogP contribution in [0.25, 0.3) is 11.1 Å². The number of amides is 1. The van der Waals surface area contributed by atoms with E-state index < -0.39 is 0 Å². The smallest absolute Gasteiger partial charge is 0.258 e. The molecule has 0 aliphatic carbocycles. The van der Waals surface area contributed by atoms with Gasteiger partial charge in [0.25, 0.3) is 5.91 Å². The lowest BCUT2D eigenvalue weighted by atomic mass is 10.2. The summed E-state index contributed by atoms with van der Waals surface area (Å²) in [5, 5.41) is 4.10. The van der Waals surface area contributed by atoms with Crippen LogP contribution in [-0.2, 0) is 11.3 Å². The Morgan fingerprint density at radius 2 is 2.17 bits per heavy atom. The molecular formula is C17H16ClN3O3. The molecule has 0 bridgehead atoms. The first-order valence-corrected chi connectivity index (χ1v) is 7.77. The number of carbonyl (C=O) groups excluding carboxylic acids is 1. The van der Waals surface area contributed by atoms with E-state index >= 15 is 0 Å². The van der Waals surface area contributed by atoms with E-state index in [9.17, 15) is 4.79 Å². The lowest BCUT2D eigenvalue weighted by molar-refractivity contribution is -0.123. The molecule has 124 valence electrons. The fourth-order valence-corrected chi connectivity index (χ4v) is 2.50. The predicted molar refractivity (Wildman–Crippen MR) is 90.1 cm³/mol. The van der Waals surface area contributed by atoms with Gasteiger partial charge < -0.3 is 14.5 Å². The molecule has 0 radical (unpaired) electrons. The van der Waals surface area contributed by atoms with Crippen molar-refractivity contribution in [2.45, 2.75) is 20.4 Å². The van der Waals surface area contributed by atoms with E-state index in [1.807, 2.05) is 26.0 Å². The summed E-state index contributed by atoms with van der Waals surface area (Å²) in [6.07, 6.45) is 1.35. The van der Waals surface area contributed by atoms with Crippen molar-refractivity contribution in [1.29, 1.82) is 0 Å². The van der Waals surface area contributed by atoms with E-state index in [4.69, 9.17) is 20.8 Å². The van der Waals surface area contributed by atoms with Crippen LogP contribution in [0.4, 0.5) is 0 Å². The van der Waals surface area contributed by atoms with Crippen molar-refractivity contribution < 1.29 is 13.9 Å². The minimum Gasteiger partial charge on any atom is -0.467 e. The van der Waals surface area contributed by atoms with Crippen LogP contribution in [0, 0.1) is 13.8 Å². The molecule has 0 fully saturated rings. The van der Waals surface area contributed by atoms with Crippen molar-refractivity contribution in [2.75, 3.05) is 6.61 Å². The molecule has 0 unspecified atom stereocenters. The molecule has 3 aromatic rings. The maximum absolute atomic E-state index is 12.0. The Kier molecular flexibility index (Phi) is 4.66. The average molecular weight is 346 g/mol. The van der Waals surface area contributed by atoms with Gasteiger partial charge in [0, 0.05) is 17.1 Å². The number of hydrogen-bond acceptors (Lipinski definition) is 5. The number of nitrogens with zero attached hydrogens (tertiary/aromatic N) is 2. The maximum atomic E-state index is 12.0. The van der Waals surface area contributed by atoms with Gasteiger partial charge in [-0.3, -0.25) is 4.79 Å². The van der Waals surface area contributed by atoms with Gasteiger partial charge in [-0.05, 0) is 31.5 Å². The third kappa shape index (κ3) is 3.49. The van der Waals surface area contributed by atoms with E-state index in [2.05, 4.69) is 15.3 Å². The van der Waals surface area contributed by atoms with Crippen LogP contribution in [0.5, 0.6) is 5.88 Å². The second-order valence-corrected chi connectivity index (χ2v) is 5.77. The number of aryl methyl sites for hydroxylation is 2. The first-order valence-electron chi connectivity index (χ1n) is 7.39. The summed E-state index contributed by atoms with van der Waals surface area (Å²) >= 11 is 5.91. The van der Waals surface area contributed by atoms with Gasteiger partial charge in [0.1, 0.15) is 17.5 Å². The third-order valence-electron chi connectivity index (χ3n) is 3.65. The van der Waals surface area contributed by atoms with Crippen LogP contribution in [-0.4, -0.2) is 22.5 Å². The van der Waals surface area contributed by atoms with Crippen LogP contribution < -0.4 is 10.1 Å². The molecule has 6 nitrogen and oxygen atoms in total. The van der Waals surface area contributed by atoms with Crippen LogP contribution >= 0.6 is 11.6 Å². The molecule has 1 amide bonds. The van der Waals surface area contributed by atoms with Gasteiger partial charge in [-0.25, -0.2) is 9.97 Å². The minimum atomic E-state index is -0.250. The van der Waals surface area contributed by atoms with Crippen molar-refractivity contribution in [3.8, 4) is 5.88 Å². The molecule has 0 spiro atoms. The van der Waals surface area contributed by atoms with Gasteiger partial charge in [-0.1, -0.05) is 23.7 Å². The molecule has 1 N–H and O–H groups in total. The molecule has 0 saturated carbocycles. The third-order valence-corrected chi connectivity index (χ3v) is 3.88. The number of carbonyl (C=O) groups is 1. The highest BCUT2D eigenvalue weighted by Crippen LogP contribution is 2.29. The molecule has 1 aromatic carbocycles. The fourth-order valence-electron chi connectivity index (χ4n) is 2.29. The van der Waals surface area contributed by atoms with Crippen LogP contribution in [0.3, 0.4) is 0 Å². The summed E-state index contributed by atoms with van der Waals surface area (Å²) < 4.78 is 11.1. The van der Waals surface area contributed by atoms with Crippen molar-refractivity contribution in [3.63, 3.8) is 0 Å². The molecule has 0 aliphatic heterocycles. The minimum absolute atomic E-state index is 0.143. The average Bonchev–Trinajstić information content (AvgIpc) is 2.86. The SMILES string of the molecule is Cc1oc2ncnc(OCC(=O)NCc3cccc(Cl)c3)c2c1C. The number of aromatic nitrogens is 2. The van der Waals surface area contributed by atoms with Crippen molar-refractivity contribution in [2.24, 2.45) is 0 Å². The Balaban J connectivity index is 1.62. The maximum Gasteiger partial charge on any atom is 0.258 e. The Hall–Kier alpha value is -2.60. The Morgan fingerprint density at radius 3 is 2.96 bits per heavy atom. The number of halogens is 1. The van der Waals surface area contributed by atoms with E-state index in [0.29, 0.717) is 28.5 Å². The van der Waals surface area contributed by atoms with E-state index in [1.54, 1.807) is 12.1 Å². The zero-order chi connectivity index (χ0) is 17.1. The Labute approximate surface area is 143 Å². The monoisotopic (exact) mass is 345 g/mol. The zero-order valence-electron chi connectivity index (χ0n) is 13.3. The largest absolute Gasteiger partial charge is 0.467 e. The molecule has 0 saturated heterocycles. The number of hydrogen-bond donors (Lipinski definition) is 1. The second-order valence-electron chi connectivity index (χ2n) is 5.34. The topological polar surface area (TPSA) is 77.2 Å². The van der Waals surface area contributed by atoms with Crippen molar-refractivity contribution >= 4 is 28.6 Å². The molecular weight excluding hydrogens is 330 g/mol. The van der Waals surface area contributed by atoms with E-state index in [0.717, 1.165) is 16.9 Å². The highest BCUT2D eigenvalue weighted by molar-refractivity contribution is 6.30. The summed E-state index contributed by atoms with van der Waals surface area (Å²) in [7, 11) is 0. The lowest BCUT2D eigenvalue weighted by Gasteiger charge is -2.08. The van der Waals surface area contributed by atoms with Gasteiger partial charge in [0.05, 0.1) is 0 Å². The van der Waals surface area contributed by atoms with E-state index in [-0.39, 0.29) is 12.5 Å². The molecule has 0 aliphatic rings. The van der Waals surface area contributed by atoms with E-state index in [1.165, 1.54) is 6.33 Å². The highest BCUT2D eigenvalue weighted by atomic mass is 35.5. The fraction of sp³-hybridized carbons (Fsp3) is 0.235. The Morgan fingerprint density at radius 1 is 1.33 bits per heavy atom. The highest BCUT2D eigenvalue weighted by Gasteiger charge is 2.15. The van der Waals surface area contributed by atoms with Crippen LogP contribution in [0.2, 0.25) is 5.02 Å². The molecule has 3 rings (SSSR count). The summed E-state index contributed by atoms with van der Waals surface area (Å²) in [5.41, 5.74) is 2.27. The number of fused-ring (bicyclic) bond motifs is 1. The zero-order valence-corrected chi connectivity index (χ0v) is 14.1. The number of furan rings is 1. The number of rotatable bonds is 5. The lowest BCUT2D eigenvalue weighted by Crippen LogP contribution is -2.28.